The molecule has 0 aliphatic heterocycles. The zero-order valence-corrected chi connectivity index (χ0v) is 10.3. The third kappa shape index (κ3) is 2.32. The summed E-state index contributed by atoms with van der Waals surface area (Å²) in [7, 11) is 0. The lowest BCUT2D eigenvalue weighted by atomic mass is 9.88. The third-order valence-corrected chi connectivity index (χ3v) is 4.08. The van der Waals surface area contributed by atoms with Crippen LogP contribution in [0.4, 0.5) is 0 Å². The number of nitrogens with two attached hydrogens (primary N) is 1. The van der Waals surface area contributed by atoms with Crippen molar-refractivity contribution in [3.63, 3.8) is 0 Å². The molecule has 1 saturated carbocycles. The fourth-order valence-electron chi connectivity index (χ4n) is 3.09. The minimum Gasteiger partial charge on any atom is -0.490 e. The van der Waals surface area contributed by atoms with Gasteiger partial charge in [-0.1, -0.05) is 6.07 Å². The maximum absolute atomic E-state index is 6.17. The molecule has 0 bridgehead atoms. The lowest BCUT2D eigenvalue weighted by molar-refractivity contribution is 0.209. The first-order chi connectivity index (χ1) is 8.33. The summed E-state index contributed by atoms with van der Waals surface area (Å²) in [6.45, 7) is 0. The fraction of sp³-hybridized carbons (Fsp3) is 0.600. The Morgan fingerprint density at radius 3 is 2.71 bits per heavy atom. The van der Waals surface area contributed by atoms with Gasteiger partial charge in [0.25, 0.3) is 0 Å². The molecule has 1 aromatic rings. The molecule has 0 amide bonds. The molecule has 17 heavy (non-hydrogen) atoms. The lowest BCUT2D eigenvalue weighted by Crippen LogP contribution is -2.18. The number of ether oxygens (including phenoxy) is 1. The van der Waals surface area contributed by atoms with Crippen LogP contribution in [-0.4, -0.2) is 6.10 Å². The van der Waals surface area contributed by atoms with Crippen LogP contribution in [0.15, 0.2) is 18.2 Å². The van der Waals surface area contributed by atoms with Crippen LogP contribution in [0.3, 0.4) is 0 Å². The van der Waals surface area contributed by atoms with Crippen molar-refractivity contribution in [2.45, 2.75) is 57.1 Å². The normalized spacial score (nSPS) is 24.6. The molecule has 2 aliphatic rings. The van der Waals surface area contributed by atoms with E-state index in [2.05, 4.69) is 18.2 Å². The van der Waals surface area contributed by atoms with Crippen LogP contribution < -0.4 is 10.5 Å². The highest BCUT2D eigenvalue weighted by Crippen LogP contribution is 2.32. The van der Waals surface area contributed by atoms with Gasteiger partial charge in [0.05, 0.1) is 6.10 Å². The van der Waals surface area contributed by atoms with Crippen LogP contribution in [0.2, 0.25) is 0 Å². The zero-order valence-electron chi connectivity index (χ0n) is 10.3. The predicted octanol–water partition coefficient (Wildman–Crippen LogP) is 3.34. The molecule has 92 valence electrons. The Balaban J connectivity index is 1.79. The van der Waals surface area contributed by atoms with Gasteiger partial charge in [-0.2, -0.15) is 0 Å². The molecule has 0 saturated heterocycles. The number of fused-ring (bicyclic) bond motifs is 1. The topological polar surface area (TPSA) is 35.2 Å². The van der Waals surface area contributed by atoms with E-state index in [4.69, 9.17) is 10.5 Å². The molecule has 2 N–H and O–H groups in total. The third-order valence-electron chi connectivity index (χ3n) is 4.08. The van der Waals surface area contributed by atoms with Crippen LogP contribution >= 0.6 is 0 Å². The van der Waals surface area contributed by atoms with E-state index in [1.807, 2.05) is 0 Å². The quantitative estimate of drug-likeness (QED) is 0.847. The van der Waals surface area contributed by atoms with Crippen molar-refractivity contribution in [3.8, 4) is 5.75 Å². The Bertz CT molecular complexity index is 396. The molecular formula is C15H21NO. The highest BCUT2D eigenvalue weighted by Gasteiger charge is 2.20. The minimum absolute atomic E-state index is 0.214. The summed E-state index contributed by atoms with van der Waals surface area (Å²) < 4.78 is 6.03. The molecule has 2 aliphatic carbocycles. The average Bonchev–Trinajstić information content (AvgIpc) is 2.83. The monoisotopic (exact) mass is 231 g/mol. The van der Waals surface area contributed by atoms with E-state index in [-0.39, 0.29) is 6.04 Å². The standard InChI is InChI=1S/C15H21NO/c16-15-7-3-4-11-8-9-13(10-14(11)15)17-12-5-1-2-6-12/h8-10,12,15H,1-7,16H2. The highest BCUT2D eigenvalue weighted by molar-refractivity contribution is 5.39. The van der Waals surface area contributed by atoms with Gasteiger partial charge in [-0.05, 0) is 68.2 Å². The number of aryl methyl sites for hydroxylation is 1. The smallest absolute Gasteiger partial charge is 0.120 e. The van der Waals surface area contributed by atoms with Crippen molar-refractivity contribution in [2.24, 2.45) is 5.73 Å². The second kappa shape index (κ2) is 4.69. The van der Waals surface area contributed by atoms with Gasteiger partial charge < -0.3 is 10.5 Å². The summed E-state index contributed by atoms with van der Waals surface area (Å²) in [6.07, 6.45) is 8.99. The summed E-state index contributed by atoms with van der Waals surface area (Å²) in [5.41, 5.74) is 8.90. The summed E-state index contributed by atoms with van der Waals surface area (Å²) >= 11 is 0. The summed E-state index contributed by atoms with van der Waals surface area (Å²) in [5, 5.41) is 0. The average molecular weight is 231 g/mol. The van der Waals surface area contributed by atoms with E-state index in [9.17, 15) is 0 Å². The highest BCUT2D eigenvalue weighted by atomic mass is 16.5. The van der Waals surface area contributed by atoms with Crippen molar-refractivity contribution in [3.05, 3.63) is 29.3 Å². The minimum atomic E-state index is 0.214. The molecular weight excluding hydrogens is 210 g/mol. The van der Waals surface area contributed by atoms with E-state index in [1.54, 1.807) is 0 Å². The van der Waals surface area contributed by atoms with Gasteiger partial charge in [-0.3, -0.25) is 0 Å². The van der Waals surface area contributed by atoms with Crippen LogP contribution in [0.1, 0.15) is 55.7 Å². The first-order valence-electron chi connectivity index (χ1n) is 6.88. The Morgan fingerprint density at radius 1 is 1.06 bits per heavy atom. The first-order valence-corrected chi connectivity index (χ1v) is 6.88. The van der Waals surface area contributed by atoms with Gasteiger partial charge >= 0.3 is 0 Å². The lowest BCUT2D eigenvalue weighted by Gasteiger charge is -2.23. The van der Waals surface area contributed by atoms with E-state index in [0.29, 0.717) is 6.10 Å². The number of hydrogen-bond donors (Lipinski definition) is 1. The SMILES string of the molecule is NC1CCCc2ccc(OC3CCCC3)cc21. The van der Waals surface area contributed by atoms with Crippen LogP contribution in [0.5, 0.6) is 5.75 Å². The molecule has 0 aromatic heterocycles. The maximum atomic E-state index is 6.17. The van der Waals surface area contributed by atoms with E-state index in [1.165, 1.54) is 49.7 Å². The number of rotatable bonds is 2. The van der Waals surface area contributed by atoms with Gasteiger partial charge in [0, 0.05) is 6.04 Å². The van der Waals surface area contributed by atoms with Gasteiger partial charge in [0.1, 0.15) is 5.75 Å². The van der Waals surface area contributed by atoms with E-state index < -0.39 is 0 Å². The second-order valence-corrected chi connectivity index (χ2v) is 5.38. The van der Waals surface area contributed by atoms with Crippen molar-refractivity contribution in [2.75, 3.05) is 0 Å². The largest absolute Gasteiger partial charge is 0.490 e. The van der Waals surface area contributed by atoms with Crippen molar-refractivity contribution >= 4 is 0 Å². The van der Waals surface area contributed by atoms with Crippen LogP contribution in [0.25, 0.3) is 0 Å². The van der Waals surface area contributed by atoms with Gasteiger partial charge in [-0.25, -0.2) is 0 Å². The molecule has 1 fully saturated rings. The van der Waals surface area contributed by atoms with Crippen LogP contribution in [-0.2, 0) is 6.42 Å². The first kappa shape index (κ1) is 11.1. The van der Waals surface area contributed by atoms with Crippen molar-refractivity contribution in [1.29, 1.82) is 0 Å². The van der Waals surface area contributed by atoms with Gasteiger partial charge in [-0.15, -0.1) is 0 Å². The molecule has 2 heteroatoms. The molecule has 0 spiro atoms. The van der Waals surface area contributed by atoms with Gasteiger partial charge in [0.15, 0.2) is 0 Å². The predicted molar refractivity (Wildman–Crippen MR) is 69.2 cm³/mol. The number of hydrogen-bond acceptors (Lipinski definition) is 2. The van der Waals surface area contributed by atoms with E-state index in [0.717, 1.165) is 12.2 Å². The molecule has 1 aromatic carbocycles. The molecule has 0 radical (unpaired) electrons. The van der Waals surface area contributed by atoms with Crippen LogP contribution in [0, 0.1) is 0 Å². The molecule has 0 heterocycles. The molecule has 3 rings (SSSR count). The Kier molecular flexibility index (Phi) is 3.06. The summed E-state index contributed by atoms with van der Waals surface area (Å²) in [4.78, 5) is 0. The summed E-state index contributed by atoms with van der Waals surface area (Å²) in [5.74, 6) is 1.02. The van der Waals surface area contributed by atoms with Gasteiger partial charge in [0.2, 0.25) is 0 Å². The van der Waals surface area contributed by atoms with E-state index >= 15 is 0 Å². The van der Waals surface area contributed by atoms with Crippen molar-refractivity contribution in [1.82, 2.24) is 0 Å². The second-order valence-electron chi connectivity index (χ2n) is 5.38. The Morgan fingerprint density at radius 2 is 1.88 bits per heavy atom. The number of benzene rings is 1. The fourth-order valence-corrected chi connectivity index (χ4v) is 3.09. The van der Waals surface area contributed by atoms with Crippen molar-refractivity contribution < 1.29 is 4.74 Å². The molecule has 1 atom stereocenters. The zero-order chi connectivity index (χ0) is 11.7. The molecule has 1 unspecified atom stereocenters. The Hall–Kier alpha value is -1.02. The Labute approximate surface area is 103 Å². The maximum Gasteiger partial charge on any atom is 0.120 e. The summed E-state index contributed by atoms with van der Waals surface area (Å²) in [6, 6.07) is 6.72. The molecule has 2 nitrogen and oxygen atoms in total.